The van der Waals surface area contributed by atoms with Crippen LogP contribution >= 0.6 is 0 Å². The van der Waals surface area contributed by atoms with Crippen LogP contribution < -0.4 is 9.47 Å². The van der Waals surface area contributed by atoms with E-state index in [1.807, 2.05) is 0 Å². The molecule has 0 spiro atoms. The van der Waals surface area contributed by atoms with E-state index in [1.54, 1.807) is 0 Å². The van der Waals surface area contributed by atoms with Gasteiger partial charge in [-0.2, -0.15) is 17.6 Å². The molecule has 0 unspecified atom stereocenters. The molecule has 48 heavy (non-hydrogen) atoms. The second-order valence-electron chi connectivity index (χ2n) is 12.1. The Hall–Kier alpha value is -4.15. The Balaban J connectivity index is 1.27. The number of ether oxygens (including phenoxy) is 2. The predicted octanol–water partition coefficient (Wildman–Crippen LogP) is 12.3. The summed E-state index contributed by atoms with van der Waals surface area (Å²) in [6.45, 7) is -1.33. The molecule has 1 saturated carbocycles. The van der Waals surface area contributed by atoms with Crippen LogP contribution in [0.25, 0.3) is 22.3 Å². The number of rotatable bonds is 12. The summed E-state index contributed by atoms with van der Waals surface area (Å²) in [5.74, 6) is -7.43. The summed E-state index contributed by atoms with van der Waals surface area (Å²) < 4.78 is 137. The minimum Gasteiger partial charge on any atom is -0.429 e. The molecule has 1 aliphatic rings. The van der Waals surface area contributed by atoms with Crippen molar-refractivity contribution >= 4 is 0 Å². The van der Waals surface area contributed by atoms with Crippen LogP contribution in [0.3, 0.4) is 0 Å². The average Bonchev–Trinajstić information content (AvgIpc) is 3.03. The molecule has 0 amide bonds. The lowest BCUT2D eigenvalue weighted by atomic mass is 9.77. The van der Waals surface area contributed by atoms with Crippen LogP contribution in [-0.4, -0.2) is 6.61 Å². The summed E-state index contributed by atoms with van der Waals surface area (Å²) in [7, 11) is 0. The summed E-state index contributed by atoms with van der Waals surface area (Å²) in [4.78, 5) is 0. The van der Waals surface area contributed by atoms with Gasteiger partial charge in [0.05, 0.1) is 5.56 Å². The van der Waals surface area contributed by atoms with Crippen LogP contribution in [0.5, 0.6) is 11.5 Å². The smallest absolute Gasteiger partial charge is 0.429 e. The van der Waals surface area contributed by atoms with Gasteiger partial charge in [0.2, 0.25) is 0 Å². The van der Waals surface area contributed by atoms with Crippen LogP contribution in [0.4, 0.5) is 39.5 Å². The van der Waals surface area contributed by atoms with E-state index in [0.29, 0.717) is 29.7 Å². The summed E-state index contributed by atoms with van der Waals surface area (Å²) in [6.07, 6.45) is 4.35. The maximum Gasteiger partial charge on any atom is 0.429 e. The summed E-state index contributed by atoms with van der Waals surface area (Å²) in [5.41, 5.74) is -1.29. The number of unbranched alkanes of at least 4 members (excludes halogenated alkanes) is 2. The second-order valence-corrected chi connectivity index (χ2v) is 12.1. The normalized spacial score (nSPS) is 16.7. The third-order valence-corrected chi connectivity index (χ3v) is 8.82. The van der Waals surface area contributed by atoms with E-state index < -0.39 is 58.9 Å². The van der Waals surface area contributed by atoms with Crippen molar-refractivity contribution in [3.63, 3.8) is 0 Å². The first-order valence-electron chi connectivity index (χ1n) is 15.8. The van der Waals surface area contributed by atoms with Crippen molar-refractivity contribution in [1.29, 1.82) is 0 Å². The van der Waals surface area contributed by atoms with Crippen LogP contribution in [0.1, 0.15) is 75.3 Å². The quantitative estimate of drug-likeness (QED) is 0.110. The summed E-state index contributed by atoms with van der Waals surface area (Å²) >= 11 is 0. The van der Waals surface area contributed by atoms with Gasteiger partial charge in [-0.15, -0.1) is 0 Å². The largest absolute Gasteiger partial charge is 0.429 e. The minimum atomic E-state index is -4.14. The average molecular weight is 681 g/mol. The number of benzene rings is 4. The van der Waals surface area contributed by atoms with Crippen molar-refractivity contribution in [2.75, 3.05) is 0 Å². The molecule has 0 atom stereocenters. The van der Waals surface area contributed by atoms with Crippen molar-refractivity contribution in [2.45, 2.75) is 76.9 Å². The van der Waals surface area contributed by atoms with E-state index in [2.05, 4.69) is 11.7 Å². The van der Waals surface area contributed by atoms with E-state index >= 15 is 17.6 Å². The molecule has 4 aromatic carbocycles. The van der Waals surface area contributed by atoms with Gasteiger partial charge in [0.25, 0.3) is 0 Å². The van der Waals surface area contributed by atoms with Gasteiger partial charge in [0.15, 0.2) is 17.4 Å². The van der Waals surface area contributed by atoms with Crippen LogP contribution in [0.2, 0.25) is 0 Å². The van der Waals surface area contributed by atoms with Crippen molar-refractivity contribution in [3.8, 4) is 33.8 Å². The van der Waals surface area contributed by atoms with Crippen molar-refractivity contribution < 1.29 is 49.0 Å². The van der Waals surface area contributed by atoms with E-state index in [0.717, 1.165) is 68.5 Å². The Morgan fingerprint density at radius 1 is 0.688 bits per heavy atom. The lowest BCUT2D eigenvalue weighted by molar-refractivity contribution is -0.187. The van der Waals surface area contributed by atoms with Crippen molar-refractivity contribution in [3.05, 3.63) is 107 Å². The van der Waals surface area contributed by atoms with E-state index in [-0.39, 0.29) is 28.2 Å². The second kappa shape index (κ2) is 15.0. The highest BCUT2D eigenvalue weighted by Crippen LogP contribution is 2.41. The van der Waals surface area contributed by atoms with Crippen LogP contribution in [-0.2, 0) is 6.11 Å². The first kappa shape index (κ1) is 35.2. The number of hydrogen-bond donors (Lipinski definition) is 0. The molecule has 0 aliphatic heterocycles. The fourth-order valence-electron chi connectivity index (χ4n) is 6.32. The molecule has 4 aromatic rings. The molecule has 5 rings (SSSR count). The van der Waals surface area contributed by atoms with Crippen LogP contribution in [0.15, 0.2) is 66.7 Å². The fraction of sp³-hybridized carbons (Fsp3) is 0.351. The SMILES string of the molecule is CCCCCC1CCC(c2ccc(C(F)(F)Oc3ccc(-c4ccc(-c5cc(F)c(OC(F)F)c(F)c5)c(F)c4)c(F)c3)c(F)c2)CC1. The molecule has 0 N–H and O–H groups in total. The first-order chi connectivity index (χ1) is 22.9. The number of hydrogen-bond acceptors (Lipinski definition) is 2. The lowest BCUT2D eigenvalue weighted by Gasteiger charge is -2.29. The zero-order valence-electron chi connectivity index (χ0n) is 26.0. The molecule has 1 fully saturated rings. The number of halogens is 9. The third-order valence-electron chi connectivity index (χ3n) is 8.82. The Labute approximate surface area is 272 Å². The van der Waals surface area contributed by atoms with Gasteiger partial charge in [-0.25, -0.2) is 22.0 Å². The molecule has 1 aliphatic carbocycles. The zero-order chi connectivity index (χ0) is 34.6. The Bertz CT molecular complexity index is 1710. The molecular formula is C37H33F9O2. The maximum absolute atomic E-state index is 15.1. The molecular weight excluding hydrogens is 647 g/mol. The molecule has 0 saturated heterocycles. The minimum absolute atomic E-state index is 0.0534. The molecule has 256 valence electrons. The molecule has 2 nitrogen and oxygen atoms in total. The highest BCUT2D eigenvalue weighted by molar-refractivity contribution is 5.72. The van der Waals surface area contributed by atoms with Gasteiger partial charge in [0.1, 0.15) is 23.2 Å². The highest BCUT2D eigenvalue weighted by Gasteiger charge is 2.38. The highest BCUT2D eigenvalue weighted by atomic mass is 19.3. The fourth-order valence-corrected chi connectivity index (χ4v) is 6.32. The van der Waals surface area contributed by atoms with Gasteiger partial charge in [-0.3, -0.25) is 0 Å². The maximum atomic E-state index is 15.1. The zero-order valence-corrected chi connectivity index (χ0v) is 26.0. The molecule has 0 bridgehead atoms. The van der Waals surface area contributed by atoms with Gasteiger partial charge >= 0.3 is 12.7 Å². The standard InChI is InChI=1S/C37H33F9O2/c1-2-3-4-5-21-6-8-22(9-7-21)23-11-15-29(32(40)16-23)37(45,46)48-26-12-14-27(31(39)20-26)24-10-13-28(30(38)17-24)25-18-33(41)35(34(42)19-25)47-36(43)44/h10-22,36H,2-9H2,1H3. The summed E-state index contributed by atoms with van der Waals surface area (Å²) in [6, 6.07) is 10.6. The number of alkyl halides is 4. The molecule has 11 heteroatoms. The van der Waals surface area contributed by atoms with E-state index in [4.69, 9.17) is 4.74 Å². The van der Waals surface area contributed by atoms with Gasteiger partial charge in [-0.1, -0.05) is 50.8 Å². The lowest BCUT2D eigenvalue weighted by Crippen LogP contribution is -2.24. The van der Waals surface area contributed by atoms with Crippen molar-refractivity contribution in [2.24, 2.45) is 5.92 Å². The molecule has 0 aromatic heterocycles. The van der Waals surface area contributed by atoms with Gasteiger partial charge in [-0.05, 0) is 96.7 Å². The van der Waals surface area contributed by atoms with Crippen LogP contribution in [0, 0.1) is 35.0 Å². The first-order valence-corrected chi connectivity index (χ1v) is 15.8. The topological polar surface area (TPSA) is 18.5 Å². The summed E-state index contributed by atoms with van der Waals surface area (Å²) in [5, 5.41) is 0. The Morgan fingerprint density at radius 2 is 1.31 bits per heavy atom. The predicted molar refractivity (Wildman–Crippen MR) is 164 cm³/mol. The van der Waals surface area contributed by atoms with Gasteiger partial charge in [0, 0.05) is 17.2 Å². The van der Waals surface area contributed by atoms with E-state index in [9.17, 15) is 22.0 Å². The third kappa shape index (κ3) is 8.10. The Morgan fingerprint density at radius 3 is 1.92 bits per heavy atom. The Kier molecular flexibility index (Phi) is 11.0. The van der Waals surface area contributed by atoms with Gasteiger partial charge < -0.3 is 9.47 Å². The monoisotopic (exact) mass is 680 g/mol. The van der Waals surface area contributed by atoms with Crippen molar-refractivity contribution in [1.82, 2.24) is 0 Å². The van der Waals surface area contributed by atoms with E-state index in [1.165, 1.54) is 31.4 Å². The molecule has 0 radical (unpaired) electrons. The molecule has 0 heterocycles.